The third-order valence-corrected chi connectivity index (χ3v) is 3.08. The van der Waals surface area contributed by atoms with Gasteiger partial charge in [0, 0.05) is 6.54 Å². The Bertz CT molecular complexity index is 369. The summed E-state index contributed by atoms with van der Waals surface area (Å²) < 4.78 is 0. The highest BCUT2D eigenvalue weighted by molar-refractivity contribution is 7.17. The summed E-state index contributed by atoms with van der Waals surface area (Å²) in [6.45, 7) is 3.18. The van der Waals surface area contributed by atoms with E-state index in [2.05, 4.69) is 10.9 Å². The summed E-state index contributed by atoms with van der Waals surface area (Å²) in [5.41, 5.74) is 0. The van der Waals surface area contributed by atoms with Crippen LogP contribution in [0.3, 0.4) is 0 Å². The molecule has 1 rings (SSSR count). The van der Waals surface area contributed by atoms with Crippen molar-refractivity contribution in [2.75, 3.05) is 18.0 Å². The molecular formula is C9H9ClN2OS. The van der Waals surface area contributed by atoms with E-state index in [4.69, 9.17) is 18.0 Å². The Morgan fingerprint density at radius 1 is 1.79 bits per heavy atom. The second kappa shape index (κ2) is 4.99. The molecule has 0 aliphatic carbocycles. The van der Waals surface area contributed by atoms with Gasteiger partial charge in [-0.25, -0.2) is 4.98 Å². The molecule has 5 heteroatoms. The van der Waals surface area contributed by atoms with Gasteiger partial charge < -0.3 is 4.90 Å². The van der Waals surface area contributed by atoms with E-state index in [1.807, 2.05) is 11.8 Å². The van der Waals surface area contributed by atoms with E-state index < -0.39 is 0 Å². The highest BCUT2D eigenvalue weighted by Crippen LogP contribution is 2.27. The molecule has 0 saturated carbocycles. The lowest BCUT2D eigenvalue weighted by Crippen LogP contribution is -2.22. The summed E-state index contributed by atoms with van der Waals surface area (Å²) in [7, 11) is 0. The molecule has 1 aromatic heterocycles. The molecule has 0 amide bonds. The second-order valence-corrected chi connectivity index (χ2v) is 3.85. The molecule has 0 N–H and O–H groups in total. The summed E-state index contributed by atoms with van der Waals surface area (Å²) in [6, 6.07) is 0. The fraction of sp³-hybridized carbons (Fsp3) is 0.333. The largest absolute Gasteiger partial charge is 0.337 e. The van der Waals surface area contributed by atoms with Gasteiger partial charge in [0.15, 0.2) is 16.6 Å². The van der Waals surface area contributed by atoms with Crippen LogP contribution in [0.2, 0.25) is 5.15 Å². The summed E-state index contributed by atoms with van der Waals surface area (Å²) in [4.78, 5) is 16.9. The minimum atomic E-state index is 0.246. The zero-order chi connectivity index (χ0) is 10.6. The van der Waals surface area contributed by atoms with Crippen molar-refractivity contribution in [2.24, 2.45) is 0 Å². The lowest BCUT2D eigenvalue weighted by atomic mass is 10.5. The summed E-state index contributed by atoms with van der Waals surface area (Å²) in [5.74, 6) is 2.53. The maximum Gasteiger partial charge on any atom is 0.188 e. The standard InChI is InChI=1S/C9H9ClN2OS/c1-3-5-12(4-2)9-11-8(10)7(6-13)14-9/h1,6H,4-5H2,2H3. The molecule has 1 heterocycles. The molecule has 0 aliphatic rings. The van der Waals surface area contributed by atoms with Crippen molar-refractivity contribution in [2.45, 2.75) is 6.92 Å². The molecule has 0 fully saturated rings. The fourth-order valence-corrected chi connectivity index (χ4v) is 2.06. The second-order valence-electron chi connectivity index (χ2n) is 2.49. The first-order valence-electron chi connectivity index (χ1n) is 4.02. The van der Waals surface area contributed by atoms with E-state index in [-0.39, 0.29) is 5.15 Å². The van der Waals surface area contributed by atoms with Crippen molar-refractivity contribution < 1.29 is 4.79 Å². The van der Waals surface area contributed by atoms with Gasteiger partial charge in [0.25, 0.3) is 0 Å². The first-order valence-corrected chi connectivity index (χ1v) is 5.22. The SMILES string of the molecule is C#CCN(CC)c1nc(Cl)c(C=O)s1. The third kappa shape index (κ3) is 2.25. The molecule has 0 aromatic carbocycles. The van der Waals surface area contributed by atoms with Crippen molar-refractivity contribution in [3.8, 4) is 12.3 Å². The molecule has 0 saturated heterocycles. The molecule has 74 valence electrons. The number of terminal acetylenes is 1. The number of hydrogen-bond acceptors (Lipinski definition) is 4. The Labute approximate surface area is 91.7 Å². The van der Waals surface area contributed by atoms with E-state index in [0.29, 0.717) is 22.8 Å². The zero-order valence-corrected chi connectivity index (χ0v) is 9.23. The Morgan fingerprint density at radius 3 is 2.93 bits per heavy atom. The van der Waals surface area contributed by atoms with Crippen LogP contribution in [-0.2, 0) is 0 Å². The first-order chi connectivity index (χ1) is 6.72. The maximum absolute atomic E-state index is 10.5. The number of halogens is 1. The molecule has 0 aliphatic heterocycles. The smallest absolute Gasteiger partial charge is 0.188 e. The van der Waals surface area contributed by atoms with E-state index >= 15 is 0 Å². The number of aromatic nitrogens is 1. The third-order valence-electron chi connectivity index (χ3n) is 1.64. The average Bonchev–Trinajstić information content (AvgIpc) is 2.56. The Balaban J connectivity index is 2.94. The van der Waals surface area contributed by atoms with Crippen molar-refractivity contribution in [3.63, 3.8) is 0 Å². The van der Waals surface area contributed by atoms with Gasteiger partial charge in [-0.05, 0) is 6.92 Å². The molecule has 3 nitrogen and oxygen atoms in total. The van der Waals surface area contributed by atoms with Crippen LogP contribution in [0.25, 0.3) is 0 Å². The van der Waals surface area contributed by atoms with Crippen LogP contribution in [0.15, 0.2) is 0 Å². The van der Waals surface area contributed by atoms with Crippen LogP contribution in [0, 0.1) is 12.3 Å². The van der Waals surface area contributed by atoms with Gasteiger partial charge in [-0.15, -0.1) is 6.42 Å². The number of thiazole rings is 1. The molecule has 0 bridgehead atoms. The molecule has 0 atom stereocenters. The molecule has 1 aromatic rings. The van der Waals surface area contributed by atoms with Crippen molar-refractivity contribution in [1.82, 2.24) is 4.98 Å². The number of anilines is 1. The van der Waals surface area contributed by atoms with Crippen LogP contribution in [0.5, 0.6) is 0 Å². The lowest BCUT2D eigenvalue weighted by molar-refractivity contribution is 0.112. The Kier molecular flexibility index (Phi) is 3.93. The highest BCUT2D eigenvalue weighted by Gasteiger charge is 2.12. The van der Waals surface area contributed by atoms with Crippen LogP contribution in [0.4, 0.5) is 5.13 Å². The predicted octanol–water partition coefficient (Wildman–Crippen LogP) is 2.07. The molecule has 14 heavy (non-hydrogen) atoms. The quantitative estimate of drug-likeness (QED) is 0.584. The minimum Gasteiger partial charge on any atom is -0.337 e. The van der Waals surface area contributed by atoms with Crippen molar-refractivity contribution >= 4 is 34.4 Å². The maximum atomic E-state index is 10.5. The summed E-state index contributed by atoms with van der Waals surface area (Å²) in [6.07, 6.45) is 5.90. The van der Waals surface area contributed by atoms with Gasteiger partial charge >= 0.3 is 0 Å². The zero-order valence-electron chi connectivity index (χ0n) is 7.66. The Morgan fingerprint density at radius 2 is 2.50 bits per heavy atom. The number of rotatable bonds is 4. The van der Waals surface area contributed by atoms with Crippen LogP contribution in [-0.4, -0.2) is 24.4 Å². The minimum absolute atomic E-state index is 0.246. The molecular weight excluding hydrogens is 220 g/mol. The van der Waals surface area contributed by atoms with Crippen LogP contribution in [0.1, 0.15) is 16.6 Å². The molecule has 0 spiro atoms. The summed E-state index contributed by atoms with van der Waals surface area (Å²) in [5, 5.41) is 0.938. The van der Waals surface area contributed by atoms with E-state index in [0.717, 1.165) is 6.54 Å². The number of nitrogens with zero attached hydrogens (tertiary/aromatic N) is 2. The van der Waals surface area contributed by atoms with Crippen molar-refractivity contribution in [3.05, 3.63) is 10.0 Å². The lowest BCUT2D eigenvalue weighted by Gasteiger charge is -2.15. The topological polar surface area (TPSA) is 33.2 Å². The first kappa shape index (κ1) is 11.0. The number of carbonyl (C=O) groups is 1. The van der Waals surface area contributed by atoms with Crippen molar-refractivity contribution in [1.29, 1.82) is 0 Å². The molecule has 0 unspecified atom stereocenters. The highest BCUT2D eigenvalue weighted by atomic mass is 35.5. The fourth-order valence-electron chi connectivity index (χ4n) is 0.935. The monoisotopic (exact) mass is 228 g/mol. The summed E-state index contributed by atoms with van der Waals surface area (Å²) >= 11 is 6.99. The van der Waals surface area contributed by atoms with Crippen LogP contribution < -0.4 is 4.90 Å². The number of hydrogen-bond donors (Lipinski definition) is 0. The van der Waals surface area contributed by atoms with Gasteiger partial charge in [0.2, 0.25) is 0 Å². The predicted molar refractivity (Wildman–Crippen MR) is 59.2 cm³/mol. The van der Waals surface area contributed by atoms with Crippen LogP contribution >= 0.6 is 22.9 Å². The van der Waals surface area contributed by atoms with Gasteiger partial charge in [-0.1, -0.05) is 28.9 Å². The normalized spacial score (nSPS) is 9.50. The Hall–Kier alpha value is -1.05. The number of aldehydes is 1. The molecule has 0 radical (unpaired) electrons. The van der Waals surface area contributed by atoms with E-state index in [1.165, 1.54) is 11.3 Å². The van der Waals surface area contributed by atoms with Gasteiger partial charge in [0.05, 0.1) is 6.54 Å². The van der Waals surface area contributed by atoms with Gasteiger partial charge in [-0.2, -0.15) is 0 Å². The van der Waals surface area contributed by atoms with Gasteiger partial charge in [0.1, 0.15) is 4.88 Å². The van der Waals surface area contributed by atoms with E-state index in [1.54, 1.807) is 0 Å². The van der Waals surface area contributed by atoms with E-state index in [9.17, 15) is 4.79 Å². The average molecular weight is 229 g/mol. The number of carbonyl (C=O) groups excluding carboxylic acids is 1. The van der Waals surface area contributed by atoms with Gasteiger partial charge in [-0.3, -0.25) is 4.79 Å².